The molecule has 33 heavy (non-hydrogen) atoms. The van der Waals surface area contributed by atoms with Crippen LogP contribution in [0.25, 0.3) is 12.2 Å². The molecule has 2 amide bonds. The van der Waals surface area contributed by atoms with E-state index in [2.05, 4.69) is 10.9 Å². The van der Waals surface area contributed by atoms with Gasteiger partial charge < -0.3 is 4.74 Å². The highest BCUT2D eigenvalue weighted by molar-refractivity contribution is 6.36. The smallest absolute Gasteiger partial charge is 0.336 e. The molecular weight excluding hydrogens is 463 g/mol. The lowest BCUT2D eigenvalue weighted by molar-refractivity contribution is -0.128. The minimum absolute atomic E-state index is 0.154. The van der Waals surface area contributed by atoms with Gasteiger partial charge in [0.2, 0.25) is 0 Å². The Kier molecular flexibility index (Phi) is 8.41. The Morgan fingerprint density at radius 2 is 1.52 bits per heavy atom. The van der Waals surface area contributed by atoms with E-state index in [0.29, 0.717) is 10.6 Å². The predicted octanol–water partition coefficient (Wildman–Crippen LogP) is 5.09. The highest BCUT2D eigenvalue weighted by Crippen LogP contribution is 2.21. The van der Waals surface area contributed by atoms with Crippen molar-refractivity contribution in [2.24, 2.45) is 0 Å². The van der Waals surface area contributed by atoms with Crippen molar-refractivity contribution < 1.29 is 19.1 Å². The van der Waals surface area contributed by atoms with Gasteiger partial charge >= 0.3 is 5.97 Å². The lowest BCUT2D eigenvalue weighted by atomic mass is 10.2. The SMILES string of the molecule is O=C(/C=C/c1ccccc1OC(=O)/C=C/c1ccccc1)NNC(=O)c1ccc(Cl)cc1Cl. The van der Waals surface area contributed by atoms with Gasteiger partial charge in [0, 0.05) is 22.7 Å². The first-order valence-electron chi connectivity index (χ1n) is 9.70. The van der Waals surface area contributed by atoms with Crippen LogP contribution in [-0.4, -0.2) is 17.8 Å². The molecule has 8 heteroatoms. The van der Waals surface area contributed by atoms with Crippen LogP contribution in [0.5, 0.6) is 5.75 Å². The van der Waals surface area contributed by atoms with Gasteiger partial charge in [0.05, 0.1) is 10.6 Å². The summed E-state index contributed by atoms with van der Waals surface area (Å²) in [6.07, 6.45) is 5.61. The summed E-state index contributed by atoms with van der Waals surface area (Å²) in [5.41, 5.74) is 6.04. The fraction of sp³-hybridized carbons (Fsp3) is 0. The summed E-state index contributed by atoms with van der Waals surface area (Å²) in [6.45, 7) is 0. The quantitative estimate of drug-likeness (QED) is 0.223. The summed E-state index contributed by atoms with van der Waals surface area (Å²) < 4.78 is 5.37. The van der Waals surface area contributed by atoms with Crippen LogP contribution in [-0.2, 0) is 9.59 Å². The van der Waals surface area contributed by atoms with Gasteiger partial charge in [0.15, 0.2) is 0 Å². The molecule has 3 aromatic rings. The number of hydrogen-bond donors (Lipinski definition) is 2. The van der Waals surface area contributed by atoms with Crippen LogP contribution in [0.3, 0.4) is 0 Å². The van der Waals surface area contributed by atoms with Crippen molar-refractivity contribution in [1.82, 2.24) is 10.9 Å². The summed E-state index contributed by atoms with van der Waals surface area (Å²) in [4.78, 5) is 36.4. The van der Waals surface area contributed by atoms with Crippen molar-refractivity contribution in [3.05, 3.63) is 112 Å². The fourth-order valence-electron chi connectivity index (χ4n) is 2.65. The maximum absolute atomic E-state index is 12.2. The first kappa shape index (κ1) is 23.8. The molecule has 0 unspecified atom stereocenters. The van der Waals surface area contributed by atoms with Crippen LogP contribution in [0.1, 0.15) is 21.5 Å². The van der Waals surface area contributed by atoms with Gasteiger partial charge in [-0.2, -0.15) is 0 Å². The van der Waals surface area contributed by atoms with Crippen LogP contribution in [0.15, 0.2) is 84.9 Å². The van der Waals surface area contributed by atoms with Gasteiger partial charge in [-0.05, 0) is 42.0 Å². The molecule has 3 aromatic carbocycles. The normalized spacial score (nSPS) is 10.8. The number of halogens is 2. The highest BCUT2D eigenvalue weighted by Gasteiger charge is 2.11. The van der Waals surface area contributed by atoms with E-state index in [-0.39, 0.29) is 16.3 Å². The summed E-state index contributed by atoms with van der Waals surface area (Å²) >= 11 is 11.8. The minimum atomic E-state index is -0.599. The molecule has 0 saturated carbocycles. The lowest BCUT2D eigenvalue weighted by Crippen LogP contribution is -2.40. The Bertz CT molecular complexity index is 1220. The summed E-state index contributed by atoms with van der Waals surface area (Å²) in [5, 5.41) is 0.542. The highest BCUT2D eigenvalue weighted by atomic mass is 35.5. The van der Waals surface area contributed by atoms with Crippen LogP contribution < -0.4 is 15.6 Å². The van der Waals surface area contributed by atoms with E-state index in [1.807, 2.05) is 30.3 Å². The number of esters is 1. The summed E-state index contributed by atoms with van der Waals surface area (Å²) in [5.74, 6) is -1.48. The third kappa shape index (κ3) is 7.35. The van der Waals surface area contributed by atoms with Gasteiger partial charge in [-0.15, -0.1) is 0 Å². The first-order valence-corrected chi connectivity index (χ1v) is 10.5. The summed E-state index contributed by atoms with van der Waals surface area (Å²) in [7, 11) is 0. The number of hydrazine groups is 1. The molecule has 166 valence electrons. The molecule has 2 N–H and O–H groups in total. The second-order valence-corrected chi connectivity index (χ2v) is 7.45. The molecule has 0 fully saturated rings. The van der Waals surface area contributed by atoms with E-state index in [0.717, 1.165) is 5.56 Å². The molecule has 3 rings (SSSR count). The molecule has 0 spiro atoms. The molecule has 0 heterocycles. The average molecular weight is 481 g/mol. The van der Waals surface area contributed by atoms with Crippen molar-refractivity contribution in [3.8, 4) is 5.75 Å². The average Bonchev–Trinajstić information content (AvgIpc) is 2.81. The topological polar surface area (TPSA) is 84.5 Å². The number of ether oxygens (including phenoxy) is 1. The molecule has 0 aromatic heterocycles. The van der Waals surface area contributed by atoms with Crippen LogP contribution in [0, 0.1) is 0 Å². The Hall–Kier alpha value is -3.87. The van der Waals surface area contributed by atoms with Crippen molar-refractivity contribution in [2.45, 2.75) is 0 Å². The van der Waals surface area contributed by atoms with Crippen LogP contribution >= 0.6 is 23.2 Å². The van der Waals surface area contributed by atoms with E-state index in [9.17, 15) is 14.4 Å². The number of benzene rings is 3. The van der Waals surface area contributed by atoms with Crippen molar-refractivity contribution in [3.63, 3.8) is 0 Å². The minimum Gasteiger partial charge on any atom is -0.423 e. The van der Waals surface area contributed by atoms with Gasteiger partial charge in [-0.1, -0.05) is 71.7 Å². The van der Waals surface area contributed by atoms with E-state index in [1.54, 1.807) is 30.3 Å². The molecule has 0 aliphatic heterocycles. The monoisotopic (exact) mass is 480 g/mol. The Balaban J connectivity index is 1.58. The first-order chi connectivity index (χ1) is 15.9. The van der Waals surface area contributed by atoms with E-state index in [4.69, 9.17) is 27.9 Å². The molecule has 6 nitrogen and oxygen atoms in total. The van der Waals surface area contributed by atoms with Gasteiger partial charge in [-0.25, -0.2) is 4.79 Å². The molecule has 0 saturated heterocycles. The van der Waals surface area contributed by atoms with E-state index < -0.39 is 17.8 Å². The molecule has 0 atom stereocenters. The predicted molar refractivity (Wildman–Crippen MR) is 129 cm³/mol. The lowest BCUT2D eigenvalue weighted by Gasteiger charge is -2.07. The zero-order valence-electron chi connectivity index (χ0n) is 17.1. The van der Waals surface area contributed by atoms with Crippen LogP contribution in [0.2, 0.25) is 10.0 Å². The Morgan fingerprint density at radius 1 is 0.788 bits per heavy atom. The van der Waals surface area contributed by atoms with Crippen molar-refractivity contribution in [1.29, 1.82) is 0 Å². The number of hydrogen-bond acceptors (Lipinski definition) is 4. The van der Waals surface area contributed by atoms with E-state index >= 15 is 0 Å². The number of carbonyl (C=O) groups is 3. The molecular formula is C25H18Cl2N2O4. The van der Waals surface area contributed by atoms with E-state index in [1.165, 1.54) is 36.4 Å². The number of nitrogens with one attached hydrogen (secondary N) is 2. The Labute approximate surface area is 200 Å². The van der Waals surface area contributed by atoms with Crippen molar-refractivity contribution >= 4 is 53.1 Å². The number of rotatable bonds is 6. The maximum Gasteiger partial charge on any atom is 0.336 e. The Morgan fingerprint density at radius 3 is 2.27 bits per heavy atom. The molecule has 0 radical (unpaired) electrons. The largest absolute Gasteiger partial charge is 0.423 e. The van der Waals surface area contributed by atoms with Gasteiger partial charge in [-0.3, -0.25) is 20.4 Å². The van der Waals surface area contributed by atoms with Gasteiger partial charge in [0.1, 0.15) is 5.75 Å². The summed E-state index contributed by atoms with van der Waals surface area (Å²) in [6, 6.07) is 20.4. The third-order valence-electron chi connectivity index (χ3n) is 4.23. The molecule has 0 aliphatic carbocycles. The third-order valence-corrected chi connectivity index (χ3v) is 4.78. The zero-order valence-corrected chi connectivity index (χ0v) is 18.6. The number of carbonyl (C=O) groups excluding carboxylic acids is 3. The fourth-order valence-corrected chi connectivity index (χ4v) is 3.14. The van der Waals surface area contributed by atoms with Crippen LogP contribution in [0.4, 0.5) is 0 Å². The maximum atomic E-state index is 12.2. The number of para-hydroxylation sites is 1. The second-order valence-electron chi connectivity index (χ2n) is 6.60. The van der Waals surface area contributed by atoms with Gasteiger partial charge in [0.25, 0.3) is 11.8 Å². The standard InChI is InChI=1S/C25H18Cl2N2O4/c26-19-12-13-20(21(27)16-19)25(32)29-28-23(30)14-11-18-8-4-5-9-22(18)33-24(31)15-10-17-6-2-1-3-7-17/h1-16H,(H,28,30)(H,29,32)/b14-11+,15-10+. The number of amides is 2. The second kappa shape index (κ2) is 11.7. The molecule has 0 aliphatic rings. The zero-order chi connectivity index (χ0) is 23.6. The van der Waals surface area contributed by atoms with Crippen molar-refractivity contribution in [2.75, 3.05) is 0 Å². The molecule has 0 bridgehead atoms.